The number of hydrogen-bond acceptors (Lipinski definition) is 3. The summed E-state index contributed by atoms with van der Waals surface area (Å²) in [7, 11) is 3.08. The van der Waals surface area contributed by atoms with Crippen LogP contribution in [-0.2, 0) is 0 Å². The molecule has 21 heavy (non-hydrogen) atoms. The molecule has 6 heteroatoms. The topological polar surface area (TPSA) is 47.6 Å². The van der Waals surface area contributed by atoms with Gasteiger partial charge < -0.3 is 14.8 Å². The molecule has 2 aromatic rings. The lowest BCUT2D eigenvalue weighted by Crippen LogP contribution is -2.12. The van der Waals surface area contributed by atoms with Crippen molar-refractivity contribution in [2.45, 2.75) is 0 Å². The first-order valence-electron chi connectivity index (χ1n) is 6.03. The molecule has 0 aromatic heterocycles. The number of amides is 1. The van der Waals surface area contributed by atoms with Crippen LogP contribution in [0.25, 0.3) is 0 Å². The van der Waals surface area contributed by atoms with E-state index in [0.29, 0.717) is 22.7 Å². The Balaban J connectivity index is 2.26. The van der Waals surface area contributed by atoms with Gasteiger partial charge in [0.05, 0.1) is 19.9 Å². The summed E-state index contributed by atoms with van der Waals surface area (Å²) in [5.41, 5.74) is 1.17. The van der Waals surface area contributed by atoms with E-state index in [0.717, 1.165) is 8.95 Å². The minimum atomic E-state index is -0.227. The first kappa shape index (κ1) is 15.9. The van der Waals surface area contributed by atoms with Gasteiger partial charge in [-0.3, -0.25) is 4.79 Å². The van der Waals surface area contributed by atoms with Crippen LogP contribution in [0.3, 0.4) is 0 Å². The summed E-state index contributed by atoms with van der Waals surface area (Å²) in [6.45, 7) is 0. The molecule has 0 aliphatic carbocycles. The molecule has 0 saturated heterocycles. The van der Waals surface area contributed by atoms with Crippen LogP contribution in [-0.4, -0.2) is 20.1 Å². The summed E-state index contributed by atoms with van der Waals surface area (Å²) >= 11 is 6.78. The highest BCUT2D eigenvalue weighted by Gasteiger charge is 2.12. The summed E-state index contributed by atoms with van der Waals surface area (Å²) in [6, 6.07) is 10.6. The van der Waals surface area contributed by atoms with Crippen LogP contribution >= 0.6 is 31.9 Å². The van der Waals surface area contributed by atoms with Crippen LogP contribution in [0.2, 0.25) is 0 Å². The first-order chi connectivity index (χ1) is 10.0. The predicted molar refractivity (Wildman–Crippen MR) is 89.3 cm³/mol. The van der Waals surface area contributed by atoms with Gasteiger partial charge in [-0.25, -0.2) is 0 Å². The Morgan fingerprint density at radius 2 is 1.71 bits per heavy atom. The minimum absolute atomic E-state index is 0.227. The van der Waals surface area contributed by atoms with Crippen LogP contribution in [0.15, 0.2) is 45.3 Å². The van der Waals surface area contributed by atoms with Gasteiger partial charge in [0.25, 0.3) is 5.91 Å². The molecule has 0 spiro atoms. The summed E-state index contributed by atoms with van der Waals surface area (Å²) in [6.07, 6.45) is 0. The summed E-state index contributed by atoms with van der Waals surface area (Å²) in [4.78, 5) is 12.3. The third-order valence-electron chi connectivity index (χ3n) is 2.82. The second-order valence-electron chi connectivity index (χ2n) is 4.15. The second-order valence-corrected chi connectivity index (χ2v) is 5.92. The van der Waals surface area contributed by atoms with Crippen molar-refractivity contribution in [3.63, 3.8) is 0 Å². The lowest BCUT2D eigenvalue weighted by atomic mass is 10.2. The van der Waals surface area contributed by atoms with Gasteiger partial charge >= 0.3 is 0 Å². The Kier molecular flexibility index (Phi) is 5.25. The Bertz CT molecular complexity index is 674. The van der Waals surface area contributed by atoms with E-state index >= 15 is 0 Å². The van der Waals surface area contributed by atoms with Crippen molar-refractivity contribution < 1.29 is 14.3 Å². The molecule has 110 valence electrons. The van der Waals surface area contributed by atoms with Gasteiger partial charge in [0.1, 0.15) is 0 Å². The fraction of sp³-hybridized carbons (Fsp3) is 0.133. The number of hydrogen-bond donors (Lipinski definition) is 1. The molecule has 0 fully saturated rings. The number of methoxy groups -OCH3 is 2. The highest BCUT2D eigenvalue weighted by Crippen LogP contribution is 2.29. The average molecular weight is 415 g/mol. The van der Waals surface area contributed by atoms with Crippen molar-refractivity contribution in [1.82, 2.24) is 0 Å². The van der Waals surface area contributed by atoms with E-state index in [4.69, 9.17) is 9.47 Å². The minimum Gasteiger partial charge on any atom is -0.493 e. The van der Waals surface area contributed by atoms with Gasteiger partial charge in [-0.2, -0.15) is 0 Å². The molecule has 2 aromatic carbocycles. The van der Waals surface area contributed by atoms with Gasteiger partial charge in [-0.1, -0.05) is 15.9 Å². The van der Waals surface area contributed by atoms with Crippen LogP contribution < -0.4 is 14.8 Å². The predicted octanol–water partition coefficient (Wildman–Crippen LogP) is 4.48. The van der Waals surface area contributed by atoms with Crippen molar-refractivity contribution >= 4 is 43.5 Å². The van der Waals surface area contributed by atoms with Crippen LogP contribution in [0.1, 0.15) is 10.4 Å². The van der Waals surface area contributed by atoms with Crippen LogP contribution in [0.4, 0.5) is 5.69 Å². The van der Waals surface area contributed by atoms with Crippen molar-refractivity contribution in [2.24, 2.45) is 0 Å². The number of anilines is 1. The molecule has 2 rings (SSSR count). The van der Waals surface area contributed by atoms with Crippen LogP contribution in [0.5, 0.6) is 11.5 Å². The fourth-order valence-electron chi connectivity index (χ4n) is 1.77. The molecule has 4 nitrogen and oxygen atoms in total. The molecule has 1 amide bonds. The molecule has 0 aliphatic rings. The zero-order valence-electron chi connectivity index (χ0n) is 11.4. The van der Waals surface area contributed by atoms with E-state index in [1.165, 1.54) is 7.11 Å². The largest absolute Gasteiger partial charge is 0.493 e. The SMILES string of the molecule is COc1ccc(C(=O)Nc2cc(Br)ccc2Br)cc1OC. The second kappa shape index (κ2) is 6.95. The number of ether oxygens (including phenoxy) is 2. The Morgan fingerprint density at radius 3 is 2.38 bits per heavy atom. The summed E-state index contributed by atoms with van der Waals surface area (Å²) in [5.74, 6) is 0.867. The summed E-state index contributed by atoms with van der Waals surface area (Å²) < 4.78 is 12.0. The highest BCUT2D eigenvalue weighted by atomic mass is 79.9. The number of carbonyl (C=O) groups is 1. The maximum absolute atomic E-state index is 12.3. The number of halogens is 2. The quantitative estimate of drug-likeness (QED) is 0.802. The normalized spacial score (nSPS) is 10.1. The summed E-state index contributed by atoms with van der Waals surface area (Å²) in [5, 5.41) is 2.84. The molecule has 0 bridgehead atoms. The molecule has 0 heterocycles. The smallest absolute Gasteiger partial charge is 0.255 e. The van der Waals surface area contributed by atoms with Gasteiger partial charge in [0.2, 0.25) is 0 Å². The van der Waals surface area contributed by atoms with Gasteiger partial charge in [0.15, 0.2) is 11.5 Å². The third kappa shape index (κ3) is 3.77. The maximum Gasteiger partial charge on any atom is 0.255 e. The van der Waals surface area contributed by atoms with Crippen molar-refractivity contribution in [2.75, 3.05) is 19.5 Å². The van der Waals surface area contributed by atoms with Gasteiger partial charge in [0, 0.05) is 14.5 Å². The Labute approximate surface area is 139 Å². The number of nitrogens with one attached hydrogen (secondary N) is 1. The van der Waals surface area contributed by atoms with E-state index in [-0.39, 0.29) is 5.91 Å². The van der Waals surface area contributed by atoms with E-state index in [9.17, 15) is 4.79 Å². The molecular formula is C15H13Br2NO3. The van der Waals surface area contributed by atoms with Crippen LogP contribution in [0, 0.1) is 0 Å². The number of rotatable bonds is 4. The Morgan fingerprint density at radius 1 is 1.00 bits per heavy atom. The standard InChI is InChI=1S/C15H13Br2NO3/c1-20-13-6-3-9(7-14(13)21-2)15(19)18-12-8-10(16)4-5-11(12)17/h3-8H,1-2H3,(H,18,19). The molecule has 0 saturated carbocycles. The molecule has 1 N–H and O–H groups in total. The first-order valence-corrected chi connectivity index (χ1v) is 7.62. The van der Waals surface area contributed by atoms with Crippen molar-refractivity contribution in [3.05, 3.63) is 50.9 Å². The molecular weight excluding hydrogens is 402 g/mol. The average Bonchev–Trinajstić information content (AvgIpc) is 2.50. The zero-order valence-corrected chi connectivity index (χ0v) is 14.6. The van der Waals surface area contributed by atoms with E-state index < -0.39 is 0 Å². The van der Waals surface area contributed by atoms with E-state index in [2.05, 4.69) is 37.2 Å². The van der Waals surface area contributed by atoms with E-state index in [1.54, 1.807) is 25.3 Å². The van der Waals surface area contributed by atoms with Crippen molar-refractivity contribution in [3.8, 4) is 11.5 Å². The van der Waals surface area contributed by atoms with Gasteiger partial charge in [-0.15, -0.1) is 0 Å². The third-order valence-corrected chi connectivity index (χ3v) is 4.01. The van der Waals surface area contributed by atoms with Crippen molar-refractivity contribution in [1.29, 1.82) is 0 Å². The van der Waals surface area contributed by atoms with Gasteiger partial charge in [-0.05, 0) is 52.3 Å². The molecule has 0 unspecified atom stereocenters. The molecule has 0 aliphatic heterocycles. The lowest BCUT2D eigenvalue weighted by Gasteiger charge is -2.11. The lowest BCUT2D eigenvalue weighted by molar-refractivity contribution is 0.102. The highest BCUT2D eigenvalue weighted by molar-refractivity contribution is 9.11. The number of benzene rings is 2. The molecule has 0 radical (unpaired) electrons. The monoisotopic (exact) mass is 413 g/mol. The zero-order chi connectivity index (χ0) is 15.4. The van der Waals surface area contributed by atoms with E-state index in [1.807, 2.05) is 18.2 Å². The Hall–Kier alpha value is -1.53. The number of carbonyl (C=O) groups excluding carboxylic acids is 1. The maximum atomic E-state index is 12.3. The molecule has 0 atom stereocenters. The fourth-order valence-corrected chi connectivity index (χ4v) is 2.47.